The molecule has 0 spiro atoms. The monoisotopic (exact) mass is 386 g/mol. The van der Waals surface area contributed by atoms with E-state index in [1.54, 1.807) is 17.0 Å². The normalized spacial score (nSPS) is 13.7. The first-order valence-electron chi connectivity index (χ1n) is 9.64. The van der Waals surface area contributed by atoms with Crippen molar-refractivity contribution in [3.05, 3.63) is 84.2 Å². The van der Waals surface area contributed by atoms with Crippen molar-refractivity contribution in [3.63, 3.8) is 0 Å². The maximum absolute atomic E-state index is 12.9. The number of piperazine rings is 1. The van der Waals surface area contributed by atoms with Crippen molar-refractivity contribution in [2.24, 2.45) is 0 Å². The zero-order valence-electron chi connectivity index (χ0n) is 16.0. The van der Waals surface area contributed by atoms with Crippen LogP contribution in [0.25, 0.3) is 11.1 Å². The summed E-state index contributed by atoms with van der Waals surface area (Å²) >= 11 is 0. The molecule has 0 atom stereocenters. The number of nitrogens with zero attached hydrogens (tertiary/aromatic N) is 2. The van der Waals surface area contributed by atoms with Crippen molar-refractivity contribution in [3.8, 4) is 11.1 Å². The number of rotatable bonds is 4. The summed E-state index contributed by atoms with van der Waals surface area (Å²) in [6, 6.07) is 20.9. The van der Waals surface area contributed by atoms with Gasteiger partial charge in [0, 0.05) is 38.1 Å². The first-order valence-corrected chi connectivity index (χ1v) is 9.64. The van der Waals surface area contributed by atoms with Crippen LogP contribution in [-0.2, 0) is 0 Å². The number of aromatic nitrogens is 1. The third-order valence-electron chi connectivity index (χ3n) is 4.88. The molecule has 6 heteroatoms. The number of amides is 2. The summed E-state index contributed by atoms with van der Waals surface area (Å²) in [5, 5.41) is 6.10. The molecule has 2 N–H and O–H groups in total. The first-order chi connectivity index (χ1) is 14.2. The number of anilines is 1. The van der Waals surface area contributed by atoms with Crippen LogP contribution in [0.1, 0.15) is 20.8 Å². The van der Waals surface area contributed by atoms with Crippen LogP contribution in [-0.4, -0.2) is 47.9 Å². The lowest BCUT2D eigenvalue weighted by molar-refractivity contribution is 0.0730. The lowest BCUT2D eigenvalue weighted by Crippen LogP contribution is -2.46. The third-order valence-corrected chi connectivity index (χ3v) is 4.88. The lowest BCUT2D eigenvalue weighted by Gasteiger charge is -2.27. The molecule has 0 saturated carbocycles. The predicted octanol–water partition coefficient (Wildman–Crippen LogP) is 3.05. The molecule has 0 aliphatic carbocycles. The molecule has 1 saturated heterocycles. The van der Waals surface area contributed by atoms with Crippen molar-refractivity contribution in [2.75, 3.05) is 31.5 Å². The Kier molecular flexibility index (Phi) is 5.63. The topological polar surface area (TPSA) is 74.3 Å². The molecule has 1 aliphatic heterocycles. The van der Waals surface area contributed by atoms with Gasteiger partial charge in [-0.1, -0.05) is 42.5 Å². The zero-order chi connectivity index (χ0) is 20.1. The minimum atomic E-state index is -0.394. The van der Waals surface area contributed by atoms with Crippen molar-refractivity contribution in [1.82, 2.24) is 15.2 Å². The fraction of sp³-hybridized carbons (Fsp3) is 0.174. The van der Waals surface area contributed by atoms with Gasteiger partial charge in [0.05, 0.1) is 5.56 Å². The van der Waals surface area contributed by atoms with E-state index in [-0.39, 0.29) is 11.6 Å². The average Bonchev–Trinajstić information content (AvgIpc) is 2.80. The van der Waals surface area contributed by atoms with E-state index >= 15 is 0 Å². The number of pyridine rings is 1. The highest BCUT2D eigenvalue weighted by atomic mass is 16.2. The second-order valence-electron chi connectivity index (χ2n) is 6.84. The standard InChI is InChI=1S/C23H22N4O2/c28-22(26-19-9-4-8-18(16-19)17-6-2-1-3-7-17)21-20(10-5-11-25-21)23(29)27-14-12-24-13-15-27/h1-11,16,24H,12-15H2,(H,26,28). The van der Waals surface area contributed by atoms with E-state index in [4.69, 9.17) is 0 Å². The van der Waals surface area contributed by atoms with Gasteiger partial charge in [0.15, 0.2) is 0 Å². The Morgan fingerprint density at radius 1 is 0.897 bits per heavy atom. The summed E-state index contributed by atoms with van der Waals surface area (Å²) in [4.78, 5) is 31.8. The van der Waals surface area contributed by atoms with E-state index in [1.807, 2.05) is 54.6 Å². The highest BCUT2D eigenvalue weighted by Gasteiger charge is 2.24. The van der Waals surface area contributed by atoms with Gasteiger partial charge in [0.25, 0.3) is 11.8 Å². The van der Waals surface area contributed by atoms with Gasteiger partial charge in [-0.3, -0.25) is 14.6 Å². The number of benzene rings is 2. The number of carbonyl (C=O) groups excluding carboxylic acids is 2. The van der Waals surface area contributed by atoms with Gasteiger partial charge in [-0.15, -0.1) is 0 Å². The van der Waals surface area contributed by atoms with E-state index in [0.29, 0.717) is 24.3 Å². The van der Waals surface area contributed by atoms with Crippen molar-refractivity contribution in [1.29, 1.82) is 0 Å². The Labute approximate surface area is 169 Å². The van der Waals surface area contributed by atoms with Crippen LogP contribution in [0.2, 0.25) is 0 Å². The average molecular weight is 386 g/mol. The van der Waals surface area contributed by atoms with Gasteiger partial charge < -0.3 is 15.5 Å². The van der Waals surface area contributed by atoms with Crippen LogP contribution in [0, 0.1) is 0 Å². The smallest absolute Gasteiger partial charge is 0.275 e. The van der Waals surface area contributed by atoms with Gasteiger partial charge in [-0.05, 0) is 35.4 Å². The Hall–Kier alpha value is -3.51. The molecule has 3 aromatic rings. The van der Waals surface area contributed by atoms with Crippen LogP contribution in [0.4, 0.5) is 5.69 Å². The minimum Gasteiger partial charge on any atom is -0.336 e. The predicted molar refractivity (Wildman–Crippen MR) is 113 cm³/mol. The summed E-state index contributed by atoms with van der Waals surface area (Å²) in [6.45, 7) is 2.74. The molecule has 1 aliphatic rings. The molecule has 2 amide bonds. The summed E-state index contributed by atoms with van der Waals surface area (Å²) in [5.41, 5.74) is 3.19. The third kappa shape index (κ3) is 4.33. The molecule has 0 unspecified atom stereocenters. The van der Waals surface area contributed by atoms with Crippen molar-refractivity contribution >= 4 is 17.5 Å². The number of carbonyl (C=O) groups is 2. The molecule has 2 heterocycles. The molecule has 146 valence electrons. The van der Waals surface area contributed by atoms with Crippen LogP contribution in [0.3, 0.4) is 0 Å². The Bertz CT molecular complexity index is 1010. The Balaban J connectivity index is 1.56. The molecule has 0 bridgehead atoms. The summed E-state index contributed by atoms with van der Waals surface area (Å²) in [7, 11) is 0. The number of hydrogen-bond donors (Lipinski definition) is 2. The molecule has 29 heavy (non-hydrogen) atoms. The number of hydrogen-bond acceptors (Lipinski definition) is 4. The van der Waals surface area contributed by atoms with E-state index in [0.717, 1.165) is 24.2 Å². The van der Waals surface area contributed by atoms with Gasteiger partial charge in [-0.25, -0.2) is 0 Å². The fourth-order valence-corrected chi connectivity index (χ4v) is 3.39. The molecule has 2 aromatic carbocycles. The highest BCUT2D eigenvalue weighted by Crippen LogP contribution is 2.23. The second kappa shape index (κ2) is 8.67. The maximum Gasteiger partial charge on any atom is 0.275 e. The first kappa shape index (κ1) is 18.8. The lowest BCUT2D eigenvalue weighted by atomic mass is 10.1. The number of nitrogens with one attached hydrogen (secondary N) is 2. The largest absolute Gasteiger partial charge is 0.336 e. The van der Waals surface area contributed by atoms with Gasteiger partial charge in [0.1, 0.15) is 5.69 Å². The molecular formula is C23H22N4O2. The Morgan fingerprint density at radius 3 is 2.45 bits per heavy atom. The van der Waals surface area contributed by atoms with Crippen LogP contribution in [0.15, 0.2) is 72.9 Å². The molecule has 6 nitrogen and oxygen atoms in total. The quantitative estimate of drug-likeness (QED) is 0.723. The van der Waals surface area contributed by atoms with Crippen LogP contribution < -0.4 is 10.6 Å². The van der Waals surface area contributed by atoms with Crippen LogP contribution in [0.5, 0.6) is 0 Å². The SMILES string of the molecule is O=C(Nc1cccc(-c2ccccc2)c1)c1ncccc1C(=O)N1CCNCC1. The summed E-state index contributed by atoms with van der Waals surface area (Å²) < 4.78 is 0. The van der Waals surface area contributed by atoms with E-state index < -0.39 is 5.91 Å². The highest BCUT2D eigenvalue weighted by molar-refractivity contribution is 6.11. The maximum atomic E-state index is 12.9. The second-order valence-corrected chi connectivity index (χ2v) is 6.84. The van der Waals surface area contributed by atoms with Crippen LogP contribution >= 0.6 is 0 Å². The van der Waals surface area contributed by atoms with Gasteiger partial charge in [-0.2, -0.15) is 0 Å². The van der Waals surface area contributed by atoms with E-state index in [1.165, 1.54) is 6.20 Å². The molecular weight excluding hydrogens is 364 g/mol. The zero-order valence-corrected chi connectivity index (χ0v) is 16.0. The van der Waals surface area contributed by atoms with Gasteiger partial charge in [0.2, 0.25) is 0 Å². The van der Waals surface area contributed by atoms with Gasteiger partial charge >= 0.3 is 0 Å². The van der Waals surface area contributed by atoms with E-state index in [9.17, 15) is 9.59 Å². The van der Waals surface area contributed by atoms with Crippen molar-refractivity contribution in [2.45, 2.75) is 0 Å². The molecule has 1 fully saturated rings. The summed E-state index contributed by atoms with van der Waals surface area (Å²) in [6.07, 6.45) is 1.53. The fourth-order valence-electron chi connectivity index (χ4n) is 3.39. The van der Waals surface area contributed by atoms with E-state index in [2.05, 4.69) is 15.6 Å². The minimum absolute atomic E-state index is 0.140. The summed E-state index contributed by atoms with van der Waals surface area (Å²) in [5.74, 6) is -0.558. The van der Waals surface area contributed by atoms with Crippen molar-refractivity contribution < 1.29 is 9.59 Å². The Morgan fingerprint density at radius 2 is 1.66 bits per heavy atom. The molecule has 1 aromatic heterocycles. The molecule has 0 radical (unpaired) electrons. The molecule has 4 rings (SSSR count).